The predicted molar refractivity (Wildman–Crippen MR) is 69.9 cm³/mol. The van der Waals surface area contributed by atoms with E-state index in [9.17, 15) is 10.1 Å². The second kappa shape index (κ2) is 6.49. The summed E-state index contributed by atoms with van der Waals surface area (Å²) in [5.41, 5.74) is 0.487. The Labute approximate surface area is 110 Å². The van der Waals surface area contributed by atoms with Crippen LogP contribution in [0.4, 0.5) is 0 Å². The van der Waals surface area contributed by atoms with Crippen LogP contribution in [0.1, 0.15) is 17.5 Å². The van der Waals surface area contributed by atoms with Gasteiger partial charge in [0.15, 0.2) is 0 Å². The molecule has 0 saturated carbocycles. The fourth-order valence-electron chi connectivity index (χ4n) is 1.99. The number of hydrogen-bond donors (Lipinski definition) is 3. The van der Waals surface area contributed by atoms with Crippen molar-refractivity contribution in [3.05, 3.63) is 51.6 Å². The highest BCUT2D eigenvalue weighted by molar-refractivity contribution is 7.30. The molecular weight excluding hydrogens is 271 g/mol. The van der Waals surface area contributed by atoms with E-state index in [2.05, 4.69) is 5.32 Å². The van der Waals surface area contributed by atoms with E-state index in [4.69, 9.17) is 14.4 Å². The van der Waals surface area contributed by atoms with E-state index in [0.717, 1.165) is 11.1 Å². The summed E-state index contributed by atoms with van der Waals surface area (Å²) in [6.45, 7) is 0. The molecule has 1 unspecified atom stereocenters. The zero-order valence-electron chi connectivity index (χ0n) is 10.2. The fourth-order valence-corrected chi connectivity index (χ4v) is 1.99. The number of fused-ring (bicyclic) bond motifs is 1. The Hall–Kier alpha value is -1.66. The molecule has 8 heteroatoms. The van der Waals surface area contributed by atoms with Crippen LogP contribution in [0.25, 0.3) is 6.08 Å². The van der Waals surface area contributed by atoms with Crippen molar-refractivity contribution in [2.45, 2.75) is 12.1 Å². The molecule has 1 aliphatic carbocycles. The molecule has 0 heterocycles. The second-order valence-corrected chi connectivity index (χ2v) is 4.32. The first-order valence-electron chi connectivity index (χ1n) is 5.38. The van der Waals surface area contributed by atoms with Gasteiger partial charge in [-0.2, -0.15) is 0 Å². The minimum absolute atomic E-state index is 0.255. The second-order valence-electron chi connectivity index (χ2n) is 3.81. The summed E-state index contributed by atoms with van der Waals surface area (Å²) in [7, 11) is -1.25. The molecule has 102 valence electrons. The van der Waals surface area contributed by atoms with E-state index in [1.165, 1.54) is 0 Å². The van der Waals surface area contributed by atoms with E-state index in [-0.39, 0.29) is 4.92 Å². The number of benzene rings is 1. The molecule has 1 aliphatic rings. The van der Waals surface area contributed by atoms with E-state index in [1.54, 1.807) is 13.1 Å². The molecule has 0 aromatic heterocycles. The third kappa shape index (κ3) is 3.42. The van der Waals surface area contributed by atoms with Crippen LogP contribution in [0.2, 0.25) is 0 Å². The standard InChI is InChI=1S/C11H12N2O2.HO3P/c1-12-11(13(14)15)8-4-6-9-5-2-3-7-10(9)11;1-4(2)3/h2-7,12H,8H2,1H3;(H-,1,2,3)/p+1. The molecule has 3 N–H and O–H groups in total. The molecule has 1 aromatic carbocycles. The summed E-state index contributed by atoms with van der Waals surface area (Å²) in [6.07, 6.45) is 4.14. The first-order chi connectivity index (χ1) is 8.94. The lowest BCUT2D eigenvalue weighted by molar-refractivity contribution is -0.586. The van der Waals surface area contributed by atoms with Gasteiger partial charge in [-0.25, -0.2) is 0 Å². The lowest BCUT2D eigenvalue weighted by Gasteiger charge is -2.27. The molecule has 0 amide bonds. The van der Waals surface area contributed by atoms with Crippen molar-refractivity contribution in [3.63, 3.8) is 0 Å². The van der Waals surface area contributed by atoms with Gasteiger partial charge in [0.2, 0.25) is 0 Å². The Kier molecular flexibility index (Phi) is 5.26. The maximum Gasteiger partial charge on any atom is 0.692 e. The smallest absolute Gasteiger partial charge is 0.262 e. The van der Waals surface area contributed by atoms with Gasteiger partial charge < -0.3 is 0 Å². The normalized spacial score (nSPS) is 19.9. The predicted octanol–water partition coefficient (Wildman–Crippen LogP) is 1.38. The van der Waals surface area contributed by atoms with Gasteiger partial charge in [0, 0.05) is 9.49 Å². The zero-order chi connectivity index (χ0) is 14.5. The first kappa shape index (κ1) is 15.4. The molecular formula is C11H14N2O5P+. The lowest BCUT2D eigenvalue weighted by Crippen LogP contribution is -2.48. The van der Waals surface area contributed by atoms with Crippen molar-refractivity contribution in [2.24, 2.45) is 0 Å². The molecule has 0 saturated heterocycles. The molecule has 0 aliphatic heterocycles. The number of hydrogen-bond acceptors (Lipinski definition) is 4. The summed E-state index contributed by atoms with van der Waals surface area (Å²) in [5, 5.41) is 14.0. The largest absolute Gasteiger partial charge is 0.692 e. The van der Waals surface area contributed by atoms with Crippen molar-refractivity contribution in [1.82, 2.24) is 5.32 Å². The Bertz CT molecular complexity index is 516. The van der Waals surface area contributed by atoms with Crippen LogP contribution in [0.15, 0.2) is 30.3 Å². The highest BCUT2D eigenvalue weighted by Crippen LogP contribution is 2.33. The minimum Gasteiger partial charge on any atom is -0.262 e. The van der Waals surface area contributed by atoms with Crippen molar-refractivity contribution in [1.29, 1.82) is 0 Å². The van der Waals surface area contributed by atoms with Crippen LogP contribution in [-0.2, 0) is 10.2 Å². The summed E-state index contributed by atoms with van der Waals surface area (Å²) in [6, 6.07) is 7.40. The van der Waals surface area contributed by atoms with Crippen LogP contribution in [0.3, 0.4) is 0 Å². The monoisotopic (exact) mass is 285 g/mol. The topological polar surface area (TPSA) is 113 Å². The average Bonchev–Trinajstić information content (AvgIpc) is 2.37. The van der Waals surface area contributed by atoms with Crippen molar-refractivity contribution in [3.8, 4) is 0 Å². The van der Waals surface area contributed by atoms with Gasteiger partial charge in [0.05, 0.1) is 12.0 Å². The van der Waals surface area contributed by atoms with Gasteiger partial charge in [-0.1, -0.05) is 30.4 Å². The summed E-state index contributed by atoms with van der Waals surface area (Å²) >= 11 is 0. The van der Waals surface area contributed by atoms with Crippen molar-refractivity contribution < 1.29 is 19.3 Å². The lowest BCUT2D eigenvalue weighted by atomic mass is 9.87. The molecule has 2 rings (SSSR count). The van der Waals surface area contributed by atoms with Gasteiger partial charge in [0.25, 0.3) is 0 Å². The number of rotatable bonds is 2. The number of nitrogens with zero attached hydrogens (tertiary/aromatic N) is 1. The van der Waals surface area contributed by atoms with E-state index in [1.807, 2.05) is 30.4 Å². The van der Waals surface area contributed by atoms with Gasteiger partial charge >= 0.3 is 13.9 Å². The molecule has 0 fully saturated rings. The van der Waals surface area contributed by atoms with Crippen molar-refractivity contribution in [2.75, 3.05) is 7.05 Å². The molecule has 19 heavy (non-hydrogen) atoms. The Morgan fingerprint density at radius 1 is 1.42 bits per heavy atom. The highest BCUT2D eigenvalue weighted by atomic mass is 31.1. The zero-order valence-corrected chi connectivity index (χ0v) is 11.1. The van der Waals surface area contributed by atoms with Gasteiger partial charge in [-0.05, 0) is 18.7 Å². The molecule has 1 atom stereocenters. The van der Waals surface area contributed by atoms with Gasteiger partial charge in [-0.3, -0.25) is 15.4 Å². The summed E-state index contributed by atoms with van der Waals surface area (Å²) in [5.74, 6) is 0. The average molecular weight is 285 g/mol. The van der Waals surface area contributed by atoms with Gasteiger partial charge in [0.1, 0.15) is 0 Å². The van der Waals surface area contributed by atoms with E-state index >= 15 is 0 Å². The minimum atomic E-state index is -2.87. The first-order valence-corrected chi connectivity index (χ1v) is 6.55. The van der Waals surface area contributed by atoms with Crippen molar-refractivity contribution >= 4 is 14.3 Å². The maximum absolute atomic E-state index is 11.2. The van der Waals surface area contributed by atoms with E-state index < -0.39 is 13.9 Å². The Morgan fingerprint density at radius 3 is 2.53 bits per heavy atom. The Morgan fingerprint density at radius 2 is 2.00 bits per heavy atom. The summed E-state index contributed by atoms with van der Waals surface area (Å²) < 4.78 is 8.70. The highest BCUT2D eigenvalue weighted by Gasteiger charge is 2.44. The maximum atomic E-state index is 11.2. The van der Waals surface area contributed by atoms with Crippen LogP contribution in [-0.4, -0.2) is 21.8 Å². The third-order valence-electron chi connectivity index (χ3n) is 2.84. The third-order valence-corrected chi connectivity index (χ3v) is 2.84. The van der Waals surface area contributed by atoms with Crippen LogP contribution in [0, 0.1) is 10.1 Å². The molecule has 0 bridgehead atoms. The molecule has 0 spiro atoms. The quantitative estimate of drug-likeness (QED) is 0.327. The molecule has 7 nitrogen and oxygen atoms in total. The Balaban J connectivity index is 0.000000399. The van der Waals surface area contributed by atoms with Crippen LogP contribution < -0.4 is 5.32 Å². The number of nitro groups is 1. The molecule has 0 radical (unpaired) electrons. The number of nitrogens with one attached hydrogen (secondary N) is 1. The van der Waals surface area contributed by atoms with E-state index in [0.29, 0.717) is 6.42 Å². The summed E-state index contributed by atoms with van der Waals surface area (Å²) in [4.78, 5) is 25.2. The van der Waals surface area contributed by atoms with Gasteiger partial charge in [-0.15, -0.1) is 9.79 Å². The fraction of sp³-hybridized carbons (Fsp3) is 0.273. The SMILES string of the molecule is CNC1([N+](=O)[O-])CC=Cc2ccccc21.O=[P+](O)O. The van der Waals surface area contributed by atoms with Crippen LogP contribution in [0.5, 0.6) is 0 Å². The van der Waals surface area contributed by atoms with Crippen LogP contribution >= 0.6 is 8.25 Å². The molecule has 1 aromatic rings.